The van der Waals surface area contributed by atoms with Crippen molar-refractivity contribution in [3.05, 3.63) is 152 Å². The van der Waals surface area contributed by atoms with Gasteiger partial charge in [-0.25, -0.2) is 27.9 Å². The van der Waals surface area contributed by atoms with E-state index in [1.165, 1.54) is 46.8 Å². The quantitative estimate of drug-likeness (QED) is 0.191. The average molecular weight is 694 g/mol. The van der Waals surface area contributed by atoms with E-state index < -0.39 is 52.3 Å². The van der Waals surface area contributed by atoms with Crippen molar-refractivity contribution in [2.24, 2.45) is 5.92 Å². The number of nitrogens with zero attached hydrogens (tertiary/aromatic N) is 4. The number of aromatic hydroxyl groups is 1. The second-order valence-corrected chi connectivity index (χ2v) is 12.9. The van der Waals surface area contributed by atoms with Crippen molar-refractivity contribution in [1.82, 2.24) is 18.9 Å². The number of anilines is 1. The van der Waals surface area contributed by atoms with Crippen LogP contribution in [0, 0.1) is 11.7 Å². The number of hydrogen-bond donors (Lipinski definition) is 2. The number of hydrazine groups is 1. The Morgan fingerprint density at radius 1 is 0.920 bits per heavy atom. The molecule has 3 aliphatic rings. The summed E-state index contributed by atoms with van der Waals surface area (Å²) in [4.78, 5) is 57.8. The number of benzene rings is 4. The molecular formula is C37H29ClFN5O6. The van der Waals surface area contributed by atoms with Gasteiger partial charge in [-0.1, -0.05) is 54.1 Å². The van der Waals surface area contributed by atoms with E-state index in [4.69, 9.17) is 16.3 Å². The number of rotatable bonds is 6. The molecule has 0 bridgehead atoms. The lowest BCUT2D eigenvalue weighted by molar-refractivity contribution is -0.138. The first-order valence-electron chi connectivity index (χ1n) is 15.9. The Hall–Kier alpha value is -5.88. The molecule has 1 aromatic heterocycles. The van der Waals surface area contributed by atoms with Crippen LogP contribution in [-0.2, 0) is 21.5 Å². The van der Waals surface area contributed by atoms with Gasteiger partial charge in [-0.2, -0.15) is 5.01 Å². The molecule has 1 saturated carbocycles. The number of halogens is 2. The Kier molecular flexibility index (Phi) is 7.30. The molecule has 4 aromatic carbocycles. The molecule has 2 aliphatic heterocycles. The number of fused-ring (bicyclic) bond motifs is 4. The fourth-order valence-electron chi connectivity index (χ4n) is 7.95. The zero-order valence-electron chi connectivity index (χ0n) is 26.5. The minimum absolute atomic E-state index is 0.00575. The first-order valence-corrected chi connectivity index (χ1v) is 16.3. The Balaban J connectivity index is 1.39. The summed E-state index contributed by atoms with van der Waals surface area (Å²) in [6.45, 7) is -0.00575. The highest BCUT2D eigenvalue weighted by atomic mass is 35.5. The summed E-state index contributed by atoms with van der Waals surface area (Å²) >= 11 is 6.33. The molecule has 11 nitrogen and oxygen atoms in total. The number of phenols is 1. The molecule has 5 aromatic rings. The summed E-state index contributed by atoms with van der Waals surface area (Å²) in [7, 11) is 1.46. The Morgan fingerprint density at radius 3 is 2.32 bits per heavy atom. The van der Waals surface area contributed by atoms with Gasteiger partial charge in [0.2, 0.25) is 0 Å². The van der Waals surface area contributed by atoms with E-state index in [1.54, 1.807) is 72.8 Å². The second kappa shape index (κ2) is 11.6. The number of ether oxygens (including phenoxy) is 1. The smallest absolute Gasteiger partial charge is 0.352 e. The highest BCUT2D eigenvalue weighted by Crippen LogP contribution is 2.63. The lowest BCUT2D eigenvalue weighted by Gasteiger charge is -2.49. The normalized spacial score (nSPS) is 22.4. The minimum Gasteiger partial charge on any atom is -0.508 e. The third kappa shape index (κ3) is 4.48. The maximum absolute atomic E-state index is 15.2. The van der Waals surface area contributed by atoms with Crippen LogP contribution in [0.4, 0.5) is 10.1 Å². The fraction of sp³-hybridized carbons (Fsp3) is 0.189. The molecule has 2 amide bonds. The van der Waals surface area contributed by atoms with E-state index in [0.717, 1.165) is 9.58 Å². The van der Waals surface area contributed by atoms with Gasteiger partial charge in [0.05, 0.1) is 42.4 Å². The van der Waals surface area contributed by atoms with E-state index in [2.05, 4.69) is 5.43 Å². The first kappa shape index (κ1) is 31.4. The third-order valence-electron chi connectivity index (χ3n) is 10.1. The van der Waals surface area contributed by atoms with E-state index >= 15 is 4.79 Å². The van der Waals surface area contributed by atoms with Gasteiger partial charge < -0.3 is 9.84 Å². The summed E-state index contributed by atoms with van der Waals surface area (Å²) in [5.74, 6) is -3.64. The van der Waals surface area contributed by atoms with Crippen molar-refractivity contribution < 1.29 is 23.8 Å². The molecule has 4 atom stereocenters. The highest BCUT2D eigenvalue weighted by Gasteiger charge is 2.69. The summed E-state index contributed by atoms with van der Waals surface area (Å²) in [6.07, 6.45) is 1.77. The molecule has 0 unspecified atom stereocenters. The van der Waals surface area contributed by atoms with Crippen LogP contribution in [0.3, 0.4) is 0 Å². The van der Waals surface area contributed by atoms with Crippen molar-refractivity contribution in [2.75, 3.05) is 12.5 Å². The monoisotopic (exact) mass is 693 g/mol. The maximum atomic E-state index is 15.2. The third-order valence-corrected chi connectivity index (χ3v) is 10.3. The first-order chi connectivity index (χ1) is 24.1. The number of hydrogen-bond acceptors (Lipinski definition) is 7. The Bertz CT molecular complexity index is 2330. The topological polar surface area (TPSA) is 128 Å². The molecule has 1 saturated heterocycles. The molecule has 2 N–H and O–H groups in total. The highest BCUT2D eigenvalue weighted by molar-refractivity contribution is 6.30. The van der Waals surface area contributed by atoms with Crippen LogP contribution in [0.5, 0.6) is 11.5 Å². The Labute approximate surface area is 289 Å². The molecule has 1 aliphatic carbocycles. The van der Waals surface area contributed by atoms with Crippen molar-refractivity contribution in [1.29, 1.82) is 0 Å². The largest absolute Gasteiger partial charge is 0.508 e. The van der Waals surface area contributed by atoms with Crippen LogP contribution in [0.25, 0.3) is 5.69 Å². The van der Waals surface area contributed by atoms with Crippen LogP contribution >= 0.6 is 11.6 Å². The molecule has 3 heterocycles. The minimum atomic E-state index is -1.66. The number of aromatic nitrogens is 3. The lowest BCUT2D eigenvalue weighted by Crippen LogP contribution is -2.53. The molecule has 2 fully saturated rings. The van der Waals surface area contributed by atoms with Crippen molar-refractivity contribution in [3.8, 4) is 17.2 Å². The van der Waals surface area contributed by atoms with Gasteiger partial charge in [-0.3, -0.25) is 15.0 Å². The maximum Gasteiger partial charge on any atom is 0.352 e. The van der Waals surface area contributed by atoms with Crippen LogP contribution in [0.1, 0.15) is 29.5 Å². The second-order valence-electron chi connectivity index (χ2n) is 12.5. The number of allylic oxidation sites excluding steroid dienone is 2. The summed E-state index contributed by atoms with van der Waals surface area (Å²) in [5.41, 5.74) is 2.12. The number of carbonyl (C=O) groups is 2. The molecular weight excluding hydrogens is 665 g/mol. The van der Waals surface area contributed by atoms with E-state index in [0.29, 0.717) is 38.8 Å². The molecule has 0 spiro atoms. The van der Waals surface area contributed by atoms with Crippen molar-refractivity contribution in [2.45, 2.75) is 30.3 Å². The van der Waals surface area contributed by atoms with E-state index in [1.807, 2.05) is 0 Å². The molecule has 50 heavy (non-hydrogen) atoms. The fourth-order valence-corrected chi connectivity index (χ4v) is 8.08. The van der Waals surface area contributed by atoms with E-state index in [9.17, 15) is 23.9 Å². The Morgan fingerprint density at radius 2 is 1.64 bits per heavy atom. The zero-order valence-corrected chi connectivity index (χ0v) is 27.3. The zero-order chi connectivity index (χ0) is 34.9. The van der Waals surface area contributed by atoms with E-state index in [-0.39, 0.29) is 18.7 Å². The van der Waals surface area contributed by atoms with Gasteiger partial charge in [0, 0.05) is 22.6 Å². The number of methoxy groups -OCH3 is 1. The number of amides is 2. The van der Waals surface area contributed by atoms with Gasteiger partial charge >= 0.3 is 11.4 Å². The predicted molar refractivity (Wildman–Crippen MR) is 182 cm³/mol. The average Bonchev–Trinajstić information content (AvgIpc) is 3.50. The van der Waals surface area contributed by atoms with Crippen LogP contribution in [0.2, 0.25) is 5.02 Å². The molecule has 252 valence electrons. The number of carbonyl (C=O) groups excluding carboxylic acids is 2. The van der Waals surface area contributed by atoms with Gasteiger partial charge in [0.1, 0.15) is 17.3 Å². The van der Waals surface area contributed by atoms with Crippen molar-refractivity contribution in [3.63, 3.8) is 0 Å². The van der Waals surface area contributed by atoms with Crippen LogP contribution in [0.15, 0.2) is 118 Å². The standard InChI is InChI=1S/C37H29ClFN5O6/c1-50-26-15-16-28(31(45)19-26)32-27-17-18-41-35(48)42(25-5-3-2-4-6-25)36(49)44(41)30(27)20-29-33(46)43(40-24-13-11-23(39)12-14-24)34(47)37(29,32)21-7-9-22(38)10-8-21/h2-17,19,29-30,32,40,45H,18,20H2,1H3/t29-,30+,32+,37+/m0/s1. The number of phenolic OH excluding ortho intramolecular Hbond substituents is 1. The summed E-state index contributed by atoms with van der Waals surface area (Å²) in [5, 5.41) is 12.9. The van der Waals surface area contributed by atoms with Crippen LogP contribution < -0.4 is 21.5 Å². The molecule has 13 heteroatoms. The van der Waals surface area contributed by atoms with Gasteiger partial charge in [0.25, 0.3) is 11.8 Å². The lowest BCUT2D eigenvalue weighted by atomic mass is 9.53. The number of para-hydroxylation sites is 1. The van der Waals surface area contributed by atoms with Gasteiger partial charge in [0.15, 0.2) is 0 Å². The number of imide groups is 1. The summed E-state index contributed by atoms with van der Waals surface area (Å²) < 4.78 is 23.0. The summed E-state index contributed by atoms with van der Waals surface area (Å²) in [6, 6.07) is 24.3. The molecule has 0 radical (unpaired) electrons. The SMILES string of the molecule is COc1ccc([C@H]2C3=CCn4c(=O)n(-c5ccccc5)c(=O)n4[C@@H]3C[C@H]3C(=O)N(Nc4ccc(F)cc4)C(=O)[C@@]23c2ccc(Cl)cc2)c(O)c1. The number of nitrogens with one attached hydrogen (secondary N) is 1. The van der Waals surface area contributed by atoms with Crippen molar-refractivity contribution >= 4 is 29.1 Å². The van der Waals surface area contributed by atoms with Gasteiger partial charge in [-0.15, -0.1) is 0 Å². The molecule has 8 rings (SSSR count). The van der Waals surface area contributed by atoms with Crippen LogP contribution in [-0.4, -0.2) is 43.0 Å². The predicted octanol–water partition coefficient (Wildman–Crippen LogP) is 4.93. The van der Waals surface area contributed by atoms with Gasteiger partial charge in [-0.05, 0) is 72.2 Å².